The summed E-state index contributed by atoms with van der Waals surface area (Å²) in [4.78, 5) is 33.7. The van der Waals surface area contributed by atoms with Gasteiger partial charge in [-0.1, -0.05) is 59.3 Å². The fourth-order valence-electron chi connectivity index (χ4n) is 3.55. The van der Waals surface area contributed by atoms with E-state index in [2.05, 4.69) is 15.3 Å². The highest BCUT2D eigenvalue weighted by Gasteiger charge is 2.17. The van der Waals surface area contributed by atoms with Crippen LogP contribution in [0, 0.1) is 20.8 Å². The summed E-state index contributed by atoms with van der Waals surface area (Å²) in [6.07, 6.45) is 0. The summed E-state index contributed by atoms with van der Waals surface area (Å²) in [5.74, 6) is 0.0433. The van der Waals surface area contributed by atoms with Gasteiger partial charge in [0.1, 0.15) is 5.52 Å². The van der Waals surface area contributed by atoms with Crippen LogP contribution in [0.1, 0.15) is 35.3 Å². The number of aryl methyl sites for hydroxylation is 3. The Balaban J connectivity index is 1.59. The number of nitrogens with one attached hydrogen (secondary N) is 2. The van der Waals surface area contributed by atoms with Crippen LogP contribution in [-0.2, 0) is 4.79 Å². The topological polar surface area (TPSA) is 79.8 Å². The summed E-state index contributed by atoms with van der Waals surface area (Å²) in [6, 6.07) is 17.5. The molecule has 7 heteroatoms. The fraction of sp³-hybridized carbons (Fsp3) is 0.240. The van der Waals surface area contributed by atoms with Crippen LogP contribution in [-0.4, -0.2) is 26.2 Å². The number of carbonyl (C=O) groups is 1. The van der Waals surface area contributed by atoms with Gasteiger partial charge in [0, 0.05) is 5.69 Å². The van der Waals surface area contributed by atoms with Crippen molar-refractivity contribution in [3.8, 4) is 5.69 Å². The van der Waals surface area contributed by atoms with E-state index in [9.17, 15) is 9.59 Å². The second-order valence-electron chi connectivity index (χ2n) is 8.07. The van der Waals surface area contributed by atoms with Crippen molar-refractivity contribution >= 4 is 28.7 Å². The molecule has 1 amide bonds. The van der Waals surface area contributed by atoms with Crippen molar-refractivity contribution in [3.63, 3.8) is 0 Å². The molecular formula is C25H26N4O2S. The van der Waals surface area contributed by atoms with Crippen LogP contribution < -0.4 is 10.9 Å². The number of H-pyrrole nitrogens is 1. The highest BCUT2D eigenvalue weighted by atomic mass is 32.2. The van der Waals surface area contributed by atoms with Crippen molar-refractivity contribution < 1.29 is 4.79 Å². The van der Waals surface area contributed by atoms with Gasteiger partial charge in [-0.3, -0.25) is 14.2 Å². The minimum Gasteiger partial charge on any atom is -0.353 e. The standard InChI is InChI=1S/C25H26N4O2S/c1-15-5-9-19(10-6-15)18(4)27-22(30)14-32-25-28-21-13-17(3)26-23(21)24(31)29(25)20-11-7-16(2)8-12-20/h5-13,18,26H,14H2,1-4H3,(H,27,30)/t18-/m0/s1. The Hall–Kier alpha value is -3.32. The number of thioether (sulfide) groups is 1. The van der Waals surface area contributed by atoms with Gasteiger partial charge in [-0.05, 0) is 51.5 Å². The van der Waals surface area contributed by atoms with Gasteiger partial charge in [0.15, 0.2) is 5.16 Å². The summed E-state index contributed by atoms with van der Waals surface area (Å²) < 4.78 is 1.57. The molecule has 0 aliphatic carbocycles. The third kappa shape index (κ3) is 4.62. The molecule has 4 aromatic rings. The maximum absolute atomic E-state index is 13.3. The van der Waals surface area contributed by atoms with Crippen LogP contribution in [0.3, 0.4) is 0 Å². The number of aromatic nitrogens is 3. The SMILES string of the molecule is Cc1ccc([C@H](C)NC(=O)CSc2nc3cc(C)[nH]c3c(=O)n2-c2ccc(C)cc2)cc1. The lowest BCUT2D eigenvalue weighted by Crippen LogP contribution is -2.29. The minimum atomic E-state index is -0.178. The summed E-state index contributed by atoms with van der Waals surface area (Å²) in [5.41, 5.74) is 5.81. The first-order valence-corrected chi connectivity index (χ1v) is 11.5. The van der Waals surface area contributed by atoms with Crippen LogP contribution in [0.2, 0.25) is 0 Å². The second-order valence-corrected chi connectivity index (χ2v) is 9.01. The first kappa shape index (κ1) is 21.9. The van der Waals surface area contributed by atoms with Crippen molar-refractivity contribution in [3.05, 3.63) is 87.3 Å². The van der Waals surface area contributed by atoms with Gasteiger partial charge in [-0.15, -0.1) is 0 Å². The van der Waals surface area contributed by atoms with Crippen LogP contribution in [0.25, 0.3) is 16.7 Å². The first-order valence-electron chi connectivity index (χ1n) is 10.5. The molecule has 0 saturated heterocycles. The summed E-state index contributed by atoms with van der Waals surface area (Å²) in [5, 5.41) is 3.52. The summed E-state index contributed by atoms with van der Waals surface area (Å²) >= 11 is 1.26. The molecule has 164 valence electrons. The van der Waals surface area contributed by atoms with Gasteiger partial charge in [-0.25, -0.2) is 4.98 Å². The van der Waals surface area contributed by atoms with E-state index in [0.29, 0.717) is 16.2 Å². The monoisotopic (exact) mass is 446 g/mol. The van der Waals surface area contributed by atoms with Crippen LogP contribution in [0.5, 0.6) is 0 Å². The average Bonchev–Trinajstić information content (AvgIpc) is 3.14. The quantitative estimate of drug-likeness (QED) is 0.335. The van der Waals surface area contributed by atoms with Gasteiger partial charge in [0.25, 0.3) is 5.56 Å². The van der Waals surface area contributed by atoms with Crippen LogP contribution >= 0.6 is 11.8 Å². The number of rotatable bonds is 6. The van der Waals surface area contributed by atoms with Crippen molar-refractivity contribution in [1.29, 1.82) is 0 Å². The third-order valence-electron chi connectivity index (χ3n) is 5.34. The molecule has 0 spiro atoms. The highest BCUT2D eigenvalue weighted by molar-refractivity contribution is 7.99. The zero-order valence-corrected chi connectivity index (χ0v) is 19.4. The molecule has 0 bridgehead atoms. The Morgan fingerprint density at radius 3 is 2.34 bits per heavy atom. The van der Waals surface area contributed by atoms with Crippen molar-refractivity contribution in [2.75, 3.05) is 5.75 Å². The summed E-state index contributed by atoms with van der Waals surface area (Å²) in [7, 11) is 0. The maximum Gasteiger partial charge on any atom is 0.283 e. The zero-order valence-electron chi connectivity index (χ0n) is 18.6. The Morgan fingerprint density at radius 1 is 1.06 bits per heavy atom. The lowest BCUT2D eigenvalue weighted by atomic mass is 10.1. The molecule has 2 aromatic heterocycles. The minimum absolute atomic E-state index is 0.106. The Morgan fingerprint density at radius 2 is 1.69 bits per heavy atom. The number of benzene rings is 2. The molecule has 0 radical (unpaired) electrons. The Labute approximate surface area is 191 Å². The molecule has 4 rings (SSSR count). The van der Waals surface area contributed by atoms with E-state index in [1.807, 2.05) is 82.3 Å². The molecule has 0 fully saturated rings. The lowest BCUT2D eigenvalue weighted by Gasteiger charge is -2.15. The number of fused-ring (bicyclic) bond motifs is 1. The first-order chi connectivity index (χ1) is 15.3. The zero-order chi connectivity index (χ0) is 22.8. The largest absolute Gasteiger partial charge is 0.353 e. The van der Waals surface area contributed by atoms with Gasteiger partial charge >= 0.3 is 0 Å². The number of carbonyl (C=O) groups excluding carboxylic acids is 1. The smallest absolute Gasteiger partial charge is 0.283 e. The molecule has 0 aliphatic rings. The van der Waals surface area contributed by atoms with Gasteiger partial charge in [0.2, 0.25) is 5.91 Å². The number of nitrogens with zero attached hydrogens (tertiary/aromatic N) is 2. The molecule has 0 saturated carbocycles. The van der Waals surface area contributed by atoms with Crippen molar-refractivity contribution in [2.24, 2.45) is 0 Å². The average molecular weight is 447 g/mol. The fourth-order valence-corrected chi connectivity index (χ4v) is 4.37. The molecule has 0 aliphatic heterocycles. The van der Waals surface area contributed by atoms with E-state index in [4.69, 9.17) is 0 Å². The molecule has 2 aromatic carbocycles. The third-order valence-corrected chi connectivity index (χ3v) is 6.27. The Bertz CT molecular complexity index is 1320. The molecule has 32 heavy (non-hydrogen) atoms. The van der Waals surface area contributed by atoms with Crippen LogP contribution in [0.15, 0.2) is 64.5 Å². The normalized spacial score (nSPS) is 12.1. The van der Waals surface area contributed by atoms with Gasteiger partial charge < -0.3 is 10.3 Å². The molecule has 0 unspecified atom stereocenters. The second kappa shape index (κ2) is 9.04. The predicted molar refractivity (Wildman–Crippen MR) is 130 cm³/mol. The van der Waals surface area contributed by atoms with E-state index in [-0.39, 0.29) is 23.3 Å². The van der Waals surface area contributed by atoms with E-state index in [1.165, 1.54) is 17.3 Å². The molecule has 6 nitrogen and oxygen atoms in total. The van der Waals surface area contributed by atoms with E-state index in [0.717, 1.165) is 22.5 Å². The van der Waals surface area contributed by atoms with E-state index < -0.39 is 0 Å². The Kier molecular flexibility index (Phi) is 6.19. The molecule has 1 atom stereocenters. The van der Waals surface area contributed by atoms with Gasteiger partial charge in [0.05, 0.1) is 23.0 Å². The van der Waals surface area contributed by atoms with E-state index in [1.54, 1.807) is 4.57 Å². The number of amides is 1. The maximum atomic E-state index is 13.3. The predicted octanol–water partition coefficient (Wildman–Crippen LogP) is 4.61. The van der Waals surface area contributed by atoms with E-state index >= 15 is 0 Å². The molecule has 2 heterocycles. The van der Waals surface area contributed by atoms with Crippen LogP contribution in [0.4, 0.5) is 0 Å². The van der Waals surface area contributed by atoms with Gasteiger partial charge in [-0.2, -0.15) is 0 Å². The molecular weight excluding hydrogens is 420 g/mol. The number of hydrogen-bond acceptors (Lipinski definition) is 4. The van der Waals surface area contributed by atoms with Crippen molar-refractivity contribution in [2.45, 2.75) is 38.9 Å². The summed E-state index contributed by atoms with van der Waals surface area (Å²) in [6.45, 7) is 7.89. The lowest BCUT2D eigenvalue weighted by molar-refractivity contribution is -0.119. The number of hydrogen-bond donors (Lipinski definition) is 2. The van der Waals surface area contributed by atoms with Crippen molar-refractivity contribution in [1.82, 2.24) is 19.9 Å². The molecule has 2 N–H and O–H groups in total. The number of aromatic amines is 1. The highest BCUT2D eigenvalue weighted by Crippen LogP contribution is 2.22.